The van der Waals surface area contributed by atoms with E-state index in [-0.39, 0.29) is 24.0 Å². The Balaban J connectivity index is 0.00000289. The molecule has 18 heavy (non-hydrogen) atoms. The van der Waals surface area contributed by atoms with Crippen molar-refractivity contribution in [3.8, 4) is 0 Å². The zero-order valence-corrected chi connectivity index (χ0v) is 14.4. The molecule has 0 saturated heterocycles. The zero-order chi connectivity index (χ0) is 12.7. The van der Waals surface area contributed by atoms with Crippen molar-refractivity contribution in [3.63, 3.8) is 0 Å². The molecule has 0 unspecified atom stereocenters. The van der Waals surface area contributed by atoms with Gasteiger partial charge in [-0.1, -0.05) is 18.2 Å². The SMILES string of the molecule is C=C(Cl)CNC(=NC)NCCc1csc(C)n1.I. The topological polar surface area (TPSA) is 49.3 Å². The summed E-state index contributed by atoms with van der Waals surface area (Å²) >= 11 is 7.33. The number of aliphatic imine (C=N–C) groups is 1. The average Bonchev–Trinajstić information content (AvgIpc) is 2.69. The Bertz CT molecular complexity index is 406. The number of aromatic nitrogens is 1. The van der Waals surface area contributed by atoms with Gasteiger partial charge in [-0.2, -0.15) is 0 Å². The molecule has 0 radical (unpaired) electrons. The molecule has 0 atom stereocenters. The highest BCUT2D eigenvalue weighted by Crippen LogP contribution is 2.07. The fourth-order valence-corrected chi connectivity index (χ4v) is 1.95. The summed E-state index contributed by atoms with van der Waals surface area (Å²) in [6.45, 7) is 6.91. The van der Waals surface area contributed by atoms with Crippen molar-refractivity contribution >= 4 is 52.9 Å². The highest BCUT2D eigenvalue weighted by molar-refractivity contribution is 14.0. The Hall–Kier alpha value is -0.340. The van der Waals surface area contributed by atoms with Crippen molar-refractivity contribution < 1.29 is 0 Å². The number of guanidine groups is 1. The molecule has 7 heteroatoms. The molecule has 0 bridgehead atoms. The van der Waals surface area contributed by atoms with Gasteiger partial charge in [-0.3, -0.25) is 4.99 Å². The van der Waals surface area contributed by atoms with E-state index in [0.717, 1.165) is 29.6 Å². The molecule has 1 heterocycles. The van der Waals surface area contributed by atoms with Crippen molar-refractivity contribution in [2.75, 3.05) is 20.1 Å². The van der Waals surface area contributed by atoms with Gasteiger partial charge in [0, 0.05) is 30.4 Å². The van der Waals surface area contributed by atoms with Crippen LogP contribution in [0.5, 0.6) is 0 Å². The molecule has 1 rings (SSSR count). The minimum atomic E-state index is 0. The van der Waals surface area contributed by atoms with Crippen LogP contribution in [-0.4, -0.2) is 31.1 Å². The number of nitrogens with zero attached hydrogens (tertiary/aromatic N) is 2. The summed E-state index contributed by atoms with van der Waals surface area (Å²) < 4.78 is 0. The van der Waals surface area contributed by atoms with Crippen molar-refractivity contribution in [2.24, 2.45) is 4.99 Å². The summed E-state index contributed by atoms with van der Waals surface area (Å²) in [5.74, 6) is 0.721. The van der Waals surface area contributed by atoms with Crippen LogP contribution in [0.4, 0.5) is 0 Å². The zero-order valence-electron chi connectivity index (χ0n) is 10.5. The van der Waals surface area contributed by atoms with Crippen LogP contribution >= 0.6 is 46.9 Å². The van der Waals surface area contributed by atoms with Crippen molar-refractivity contribution in [1.29, 1.82) is 0 Å². The lowest BCUT2D eigenvalue weighted by Crippen LogP contribution is -2.38. The predicted molar refractivity (Wildman–Crippen MR) is 90.3 cm³/mol. The molecule has 2 N–H and O–H groups in total. The summed E-state index contributed by atoms with van der Waals surface area (Å²) in [6.07, 6.45) is 0.882. The van der Waals surface area contributed by atoms with Crippen LogP contribution in [-0.2, 0) is 6.42 Å². The van der Waals surface area contributed by atoms with Gasteiger partial charge in [0.05, 0.1) is 17.2 Å². The number of hydrogen-bond acceptors (Lipinski definition) is 3. The van der Waals surface area contributed by atoms with Gasteiger partial charge in [0.2, 0.25) is 0 Å². The van der Waals surface area contributed by atoms with Crippen LogP contribution in [0, 0.1) is 6.92 Å². The third kappa shape index (κ3) is 7.17. The van der Waals surface area contributed by atoms with Gasteiger partial charge in [-0.25, -0.2) is 4.98 Å². The molecule has 0 aromatic carbocycles. The molecule has 1 aromatic rings. The lowest BCUT2D eigenvalue weighted by atomic mass is 10.3. The van der Waals surface area contributed by atoms with Gasteiger partial charge in [0.1, 0.15) is 0 Å². The molecule has 0 aliphatic heterocycles. The average molecular weight is 401 g/mol. The van der Waals surface area contributed by atoms with E-state index in [4.69, 9.17) is 11.6 Å². The van der Waals surface area contributed by atoms with Crippen LogP contribution in [0.15, 0.2) is 22.0 Å². The first-order valence-electron chi connectivity index (χ1n) is 5.30. The number of hydrogen-bond donors (Lipinski definition) is 2. The van der Waals surface area contributed by atoms with Crippen LogP contribution < -0.4 is 10.6 Å². The Kier molecular flexibility index (Phi) is 9.39. The second-order valence-electron chi connectivity index (χ2n) is 3.48. The van der Waals surface area contributed by atoms with E-state index in [1.807, 2.05) is 6.92 Å². The lowest BCUT2D eigenvalue weighted by Gasteiger charge is -2.10. The quantitative estimate of drug-likeness (QED) is 0.454. The van der Waals surface area contributed by atoms with E-state index in [0.29, 0.717) is 11.6 Å². The lowest BCUT2D eigenvalue weighted by molar-refractivity contribution is 0.807. The smallest absolute Gasteiger partial charge is 0.191 e. The molecule has 0 fully saturated rings. The van der Waals surface area contributed by atoms with Crippen molar-refractivity contribution in [3.05, 3.63) is 27.7 Å². The molecule has 0 spiro atoms. The molecule has 0 aliphatic rings. The van der Waals surface area contributed by atoms with E-state index < -0.39 is 0 Å². The van der Waals surface area contributed by atoms with Gasteiger partial charge < -0.3 is 10.6 Å². The van der Waals surface area contributed by atoms with E-state index in [1.165, 1.54) is 0 Å². The third-order valence-corrected chi connectivity index (χ3v) is 2.97. The number of halogens is 2. The van der Waals surface area contributed by atoms with Crippen molar-refractivity contribution in [2.45, 2.75) is 13.3 Å². The van der Waals surface area contributed by atoms with E-state index >= 15 is 0 Å². The molecule has 0 aliphatic carbocycles. The molecule has 1 aromatic heterocycles. The van der Waals surface area contributed by atoms with Gasteiger partial charge >= 0.3 is 0 Å². The van der Waals surface area contributed by atoms with Gasteiger partial charge in [-0.15, -0.1) is 35.3 Å². The second kappa shape index (κ2) is 9.57. The highest BCUT2D eigenvalue weighted by atomic mass is 127. The Morgan fingerprint density at radius 3 is 2.78 bits per heavy atom. The highest BCUT2D eigenvalue weighted by Gasteiger charge is 2.00. The maximum absolute atomic E-state index is 5.66. The molecular weight excluding hydrogens is 383 g/mol. The van der Waals surface area contributed by atoms with E-state index in [9.17, 15) is 0 Å². The predicted octanol–water partition coefficient (Wildman–Crippen LogP) is 2.53. The van der Waals surface area contributed by atoms with Gasteiger partial charge in [0.25, 0.3) is 0 Å². The van der Waals surface area contributed by atoms with Crippen LogP contribution in [0.1, 0.15) is 10.7 Å². The molecule has 0 amide bonds. The van der Waals surface area contributed by atoms with Crippen LogP contribution in [0.2, 0.25) is 0 Å². The Morgan fingerprint density at radius 2 is 2.28 bits per heavy atom. The number of aryl methyl sites for hydroxylation is 1. The summed E-state index contributed by atoms with van der Waals surface area (Å²) in [5, 5.41) is 9.97. The Labute approximate surface area is 134 Å². The minimum absolute atomic E-state index is 0. The summed E-state index contributed by atoms with van der Waals surface area (Å²) in [4.78, 5) is 8.46. The van der Waals surface area contributed by atoms with Crippen LogP contribution in [0.3, 0.4) is 0 Å². The minimum Gasteiger partial charge on any atom is -0.356 e. The standard InChI is InChI=1S/C11H17ClN4S.HI/c1-8(12)6-15-11(13-3)14-5-4-10-7-17-9(2)16-10;/h7H,1,4-6H2,2-3H3,(H2,13,14,15);1H. The second-order valence-corrected chi connectivity index (χ2v) is 5.07. The number of thiazole rings is 1. The van der Waals surface area contributed by atoms with E-state index in [1.54, 1.807) is 18.4 Å². The normalized spacial score (nSPS) is 10.7. The largest absolute Gasteiger partial charge is 0.356 e. The summed E-state index contributed by atoms with van der Waals surface area (Å²) in [5.41, 5.74) is 1.11. The van der Waals surface area contributed by atoms with Gasteiger partial charge in [-0.05, 0) is 6.92 Å². The number of rotatable bonds is 5. The molecule has 102 valence electrons. The van der Waals surface area contributed by atoms with Gasteiger partial charge in [0.15, 0.2) is 5.96 Å². The first kappa shape index (κ1) is 17.7. The van der Waals surface area contributed by atoms with E-state index in [2.05, 4.69) is 32.6 Å². The first-order chi connectivity index (χ1) is 8.11. The fraction of sp³-hybridized carbons (Fsp3) is 0.455. The van der Waals surface area contributed by atoms with Crippen molar-refractivity contribution in [1.82, 2.24) is 15.6 Å². The molecule has 0 saturated carbocycles. The molecule has 4 nitrogen and oxygen atoms in total. The number of nitrogens with one attached hydrogen (secondary N) is 2. The summed E-state index contributed by atoms with van der Waals surface area (Å²) in [6, 6.07) is 0. The first-order valence-corrected chi connectivity index (χ1v) is 6.56. The maximum Gasteiger partial charge on any atom is 0.191 e. The monoisotopic (exact) mass is 400 g/mol. The fourth-order valence-electron chi connectivity index (χ4n) is 1.23. The van der Waals surface area contributed by atoms with Crippen LogP contribution in [0.25, 0.3) is 0 Å². The Morgan fingerprint density at radius 1 is 1.56 bits per heavy atom. The maximum atomic E-state index is 5.66. The molecular formula is C11H18ClIN4S. The summed E-state index contributed by atoms with van der Waals surface area (Å²) in [7, 11) is 1.72. The third-order valence-electron chi connectivity index (χ3n) is 2.01.